The minimum absolute atomic E-state index is 0.651. The van der Waals surface area contributed by atoms with Crippen molar-refractivity contribution in [3.8, 4) is 67.4 Å². The van der Waals surface area contributed by atoms with Gasteiger partial charge in [-0.3, -0.25) is 0 Å². The first-order valence-corrected chi connectivity index (χ1v) is 21.5. The fourth-order valence-electron chi connectivity index (χ4n) is 9.77. The quantitative estimate of drug-likeness (QED) is 0.154. The van der Waals surface area contributed by atoms with E-state index < -0.39 is 0 Å². The first-order chi connectivity index (χ1) is 31.2. The lowest BCUT2D eigenvalue weighted by molar-refractivity contribution is 1.18. The Balaban J connectivity index is 1.01. The van der Waals surface area contributed by atoms with Crippen LogP contribution in [0.15, 0.2) is 231 Å². The molecule has 12 rings (SSSR count). The second-order valence-electron chi connectivity index (χ2n) is 16.4. The molecule has 0 saturated heterocycles. The lowest BCUT2D eigenvalue weighted by atomic mass is 9.83. The molecule has 0 N–H and O–H groups in total. The Morgan fingerprint density at radius 2 is 0.714 bits per heavy atom. The third-order valence-corrected chi connectivity index (χ3v) is 12.8. The molecule has 0 aliphatic rings. The van der Waals surface area contributed by atoms with Gasteiger partial charge in [0.2, 0.25) is 0 Å². The average Bonchev–Trinajstić information content (AvgIpc) is 3.68. The predicted molar refractivity (Wildman–Crippen MR) is 265 cm³/mol. The van der Waals surface area contributed by atoms with Gasteiger partial charge in [0.15, 0.2) is 0 Å². The van der Waals surface area contributed by atoms with Crippen molar-refractivity contribution in [1.29, 1.82) is 5.26 Å². The molecule has 292 valence electrons. The summed E-state index contributed by atoms with van der Waals surface area (Å²) in [6, 6.07) is 85.6. The van der Waals surface area contributed by atoms with Crippen LogP contribution in [0.1, 0.15) is 5.56 Å². The van der Waals surface area contributed by atoms with Crippen LogP contribution in [0.5, 0.6) is 0 Å². The van der Waals surface area contributed by atoms with Crippen LogP contribution in [0.4, 0.5) is 0 Å². The highest BCUT2D eigenvalue weighted by molar-refractivity contribution is 6.22. The molecule has 0 bridgehead atoms. The third kappa shape index (κ3) is 6.18. The maximum atomic E-state index is 9.76. The van der Waals surface area contributed by atoms with E-state index in [2.05, 4.69) is 223 Å². The van der Waals surface area contributed by atoms with E-state index in [0.29, 0.717) is 5.56 Å². The van der Waals surface area contributed by atoms with Gasteiger partial charge in [0.1, 0.15) is 0 Å². The summed E-state index contributed by atoms with van der Waals surface area (Å²) >= 11 is 0. The summed E-state index contributed by atoms with van der Waals surface area (Å²) in [5.41, 5.74) is 15.8. The molecule has 0 radical (unpaired) electrons. The normalized spacial score (nSPS) is 11.5. The Kier molecular flexibility index (Phi) is 8.59. The summed E-state index contributed by atoms with van der Waals surface area (Å²) in [6.45, 7) is 0. The number of hydrogen-bond acceptors (Lipinski definition) is 1. The van der Waals surface area contributed by atoms with E-state index in [9.17, 15) is 5.26 Å². The molecular formula is C61H38N2. The number of fused-ring (bicyclic) bond motifs is 6. The van der Waals surface area contributed by atoms with Crippen LogP contribution >= 0.6 is 0 Å². The summed E-state index contributed by atoms with van der Waals surface area (Å²) in [5, 5.41) is 19.5. The van der Waals surface area contributed by atoms with Crippen LogP contribution in [-0.2, 0) is 0 Å². The second kappa shape index (κ2) is 14.9. The number of rotatable bonds is 6. The Morgan fingerprint density at radius 3 is 1.30 bits per heavy atom. The second-order valence-corrected chi connectivity index (χ2v) is 16.4. The first kappa shape index (κ1) is 36.4. The average molecular weight is 799 g/mol. The fourth-order valence-corrected chi connectivity index (χ4v) is 9.77. The Bertz CT molecular complexity index is 3760. The van der Waals surface area contributed by atoms with Crippen LogP contribution in [0.2, 0.25) is 0 Å². The van der Waals surface area contributed by atoms with Gasteiger partial charge in [-0.25, -0.2) is 0 Å². The van der Waals surface area contributed by atoms with Gasteiger partial charge in [-0.05, 0) is 136 Å². The molecule has 0 aliphatic heterocycles. The smallest absolute Gasteiger partial charge is 0.0992 e. The molecule has 0 unspecified atom stereocenters. The van der Waals surface area contributed by atoms with Crippen molar-refractivity contribution in [3.63, 3.8) is 0 Å². The van der Waals surface area contributed by atoms with E-state index in [0.717, 1.165) is 44.2 Å². The van der Waals surface area contributed by atoms with E-state index in [1.54, 1.807) is 0 Å². The summed E-state index contributed by atoms with van der Waals surface area (Å²) in [4.78, 5) is 0. The molecule has 0 atom stereocenters. The van der Waals surface area contributed by atoms with Crippen LogP contribution in [0.3, 0.4) is 0 Å². The molecule has 0 saturated carbocycles. The van der Waals surface area contributed by atoms with Crippen LogP contribution < -0.4 is 0 Å². The molecule has 0 spiro atoms. The Hall–Kier alpha value is -8.51. The highest BCUT2D eigenvalue weighted by Gasteiger charge is 2.19. The zero-order valence-corrected chi connectivity index (χ0v) is 34.3. The standard InChI is InChI=1S/C61H38N2/c62-39-40-20-30-52-53-31-27-50(38-59(53)63(58(52)34-40)51-18-8-3-9-19-51)43-23-21-42(22-24-43)48-28-32-54-56(36-48)60(44-13-4-1-5-14-44)55-33-29-49(37-57(55)61(54)45-15-6-2-7-16-45)47-26-25-41-12-10-11-17-46(41)35-47/h1-38H. The number of benzene rings is 11. The molecule has 0 aliphatic carbocycles. The van der Waals surface area contributed by atoms with Crippen LogP contribution in [0.25, 0.3) is 115 Å². The van der Waals surface area contributed by atoms with Gasteiger partial charge in [0, 0.05) is 16.5 Å². The van der Waals surface area contributed by atoms with Crippen molar-refractivity contribution in [2.75, 3.05) is 0 Å². The minimum Gasteiger partial charge on any atom is -0.309 e. The van der Waals surface area contributed by atoms with Crippen LogP contribution in [-0.4, -0.2) is 4.57 Å². The molecule has 2 nitrogen and oxygen atoms in total. The van der Waals surface area contributed by atoms with Gasteiger partial charge < -0.3 is 4.57 Å². The lowest BCUT2D eigenvalue weighted by Crippen LogP contribution is -1.94. The van der Waals surface area contributed by atoms with Gasteiger partial charge in [-0.15, -0.1) is 0 Å². The van der Waals surface area contributed by atoms with E-state index in [1.165, 1.54) is 71.3 Å². The number of aromatic nitrogens is 1. The molecule has 11 aromatic carbocycles. The minimum atomic E-state index is 0.651. The lowest BCUT2D eigenvalue weighted by Gasteiger charge is -2.20. The zero-order valence-electron chi connectivity index (χ0n) is 34.3. The Labute approximate surface area is 365 Å². The van der Waals surface area contributed by atoms with E-state index >= 15 is 0 Å². The number of nitriles is 1. The maximum Gasteiger partial charge on any atom is 0.0992 e. The van der Waals surface area contributed by atoms with Gasteiger partial charge >= 0.3 is 0 Å². The molecule has 12 aromatic rings. The summed E-state index contributed by atoms with van der Waals surface area (Å²) < 4.78 is 2.28. The molecule has 63 heavy (non-hydrogen) atoms. The van der Waals surface area contributed by atoms with Gasteiger partial charge in [-0.1, -0.05) is 182 Å². The van der Waals surface area contributed by atoms with Crippen LogP contribution in [0, 0.1) is 11.3 Å². The predicted octanol–water partition coefficient (Wildman–Crippen LogP) is 16.4. The molecule has 1 heterocycles. The summed E-state index contributed by atoms with van der Waals surface area (Å²) in [5.74, 6) is 0. The van der Waals surface area contributed by atoms with Crippen molar-refractivity contribution in [2.24, 2.45) is 0 Å². The van der Waals surface area contributed by atoms with E-state index in [1.807, 2.05) is 18.2 Å². The summed E-state index contributed by atoms with van der Waals surface area (Å²) in [7, 11) is 0. The molecule has 2 heteroatoms. The van der Waals surface area contributed by atoms with Gasteiger partial charge in [-0.2, -0.15) is 5.26 Å². The van der Waals surface area contributed by atoms with Gasteiger partial charge in [0.05, 0.1) is 22.7 Å². The number of para-hydroxylation sites is 1. The molecule has 0 fully saturated rings. The molecular weight excluding hydrogens is 761 g/mol. The molecule has 0 amide bonds. The number of hydrogen-bond donors (Lipinski definition) is 0. The van der Waals surface area contributed by atoms with Crippen molar-refractivity contribution < 1.29 is 0 Å². The first-order valence-electron chi connectivity index (χ1n) is 21.5. The zero-order chi connectivity index (χ0) is 41.9. The largest absolute Gasteiger partial charge is 0.309 e. The van der Waals surface area contributed by atoms with E-state index in [4.69, 9.17) is 0 Å². The highest BCUT2D eigenvalue weighted by atomic mass is 15.0. The van der Waals surface area contributed by atoms with Crippen molar-refractivity contribution in [2.45, 2.75) is 0 Å². The van der Waals surface area contributed by atoms with Crippen molar-refractivity contribution in [3.05, 3.63) is 236 Å². The SMILES string of the molecule is N#Cc1ccc2c3ccc(-c4ccc(-c5ccc6c(-c7ccccc7)c7cc(-c8ccc9ccccc9c8)ccc7c(-c7ccccc7)c6c5)cc4)cc3n(-c3ccccc3)c2c1. The van der Waals surface area contributed by atoms with E-state index in [-0.39, 0.29) is 0 Å². The fraction of sp³-hybridized carbons (Fsp3) is 0. The highest BCUT2D eigenvalue weighted by Crippen LogP contribution is 2.46. The topological polar surface area (TPSA) is 28.7 Å². The number of nitrogens with zero attached hydrogens (tertiary/aromatic N) is 2. The molecule has 1 aromatic heterocycles. The third-order valence-electron chi connectivity index (χ3n) is 12.8. The Morgan fingerprint density at radius 1 is 0.286 bits per heavy atom. The van der Waals surface area contributed by atoms with Crippen molar-refractivity contribution in [1.82, 2.24) is 4.57 Å². The monoisotopic (exact) mass is 798 g/mol. The van der Waals surface area contributed by atoms with Crippen molar-refractivity contribution >= 4 is 54.1 Å². The maximum absolute atomic E-state index is 9.76. The summed E-state index contributed by atoms with van der Waals surface area (Å²) in [6.07, 6.45) is 0. The van der Waals surface area contributed by atoms with Gasteiger partial charge in [0.25, 0.3) is 0 Å².